The molecule has 1 fully saturated rings. The van der Waals surface area contributed by atoms with Gasteiger partial charge in [0.2, 0.25) is 10.0 Å². The summed E-state index contributed by atoms with van der Waals surface area (Å²) in [6.07, 6.45) is 1.60. The van der Waals surface area contributed by atoms with Crippen molar-refractivity contribution in [2.75, 3.05) is 45.1 Å². The molecular weight excluding hydrogens is 320 g/mol. The highest BCUT2D eigenvalue weighted by Crippen LogP contribution is 2.05. The first-order valence-electron chi connectivity index (χ1n) is 7.72. The van der Waals surface area contributed by atoms with E-state index in [0.29, 0.717) is 51.9 Å². The van der Waals surface area contributed by atoms with E-state index in [2.05, 4.69) is 15.6 Å². The molecule has 0 bridgehead atoms. The van der Waals surface area contributed by atoms with Gasteiger partial charge in [0, 0.05) is 26.2 Å². The van der Waals surface area contributed by atoms with Gasteiger partial charge in [-0.25, -0.2) is 13.4 Å². The Bertz CT molecular complexity index is 580. The monoisotopic (exact) mass is 344 g/mol. The summed E-state index contributed by atoms with van der Waals surface area (Å²) in [6, 6.07) is 3.65. The van der Waals surface area contributed by atoms with E-state index in [1.165, 1.54) is 4.31 Å². The van der Waals surface area contributed by atoms with E-state index in [1.54, 1.807) is 12.3 Å². The molecule has 8 nitrogen and oxygen atoms in total. The summed E-state index contributed by atoms with van der Waals surface area (Å²) >= 11 is 0. The molecule has 0 aromatic carbocycles. The number of furan rings is 1. The quantitative estimate of drug-likeness (QED) is 0.534. The van der Waals surface area contributed by atoms with Crippen LogP contribution in [0.15, 0.2) is 27.8 Å². The molecule has 1 saturated heterocycles. The maximum Gasteiger partial charge on any atom is 0.215 e. The van der Waals surface area contributed by atoms with Gasteiger partial charge < -0.3 is 19.8 Å². The number of aliphatic imine (C=N–C) groups is 1. The van der Waals surface area contributed by atoms with Crippen molar-refractivity contribution in [1.29, 1.82) is 0 Å². The zero-order chi connectivity index (χ0) is 16.5. The summed E-state index contributed by atoms with van der Waals surface area (Å²) in [5.74, 6) is 1.35. The number of nitrogens with one attached hydrogen (secondary N) is 2. The van der Waals surface area contributed by atoms with Crippen LogP contribution in [0.1, 0.15) is 12.7 Å². The molecular formula is C14H24N4O4S. The first kappa shape index (κ1) is 17.8. The number of morpholine rings is 1. The summed E-state index contributed by atoms with van der Waals surface area (Å²) in [6.45, 7) is 5.11. The first-order chi connectivity index (χ1) is 11.1. The van der Waals surface area contributed by atoms with E-state index in [9.17, 15) is 8.42 Å². The molecule has 0 unspecified atom stereocenters. The lowest BCUT2D eigenvalue weighted by atomic mass is 10.4. The van der Waals surface area contributed by atoms with Crippen molar-refractivity contribution in [2.45, 2.75) is 13.5 Å². The Morgan fingerprint density at radius 1 is 1.35 bits per heavy atom. The van der Waals surface area contributed by atoms with Crippen LogP contribution in [0.4, 0.5) is 0 Å². The summed E-state index contributed by atoms with van der Waals surface area (Å²) in [5.41, 5.74) is 0. The fourth-order valence-electron chi connectivity index (χ4n) is 2.15. The summed E-state index contributed by atoms with van der Waals surface area (Å²) < 4.78 is 36.3. The summed E-state index contributed by atoms with van der Waals surface area (Å²) in [5, 5.41) is 6.12. The minimum atomic E-state index is -3.26. The molecule has 0 radical (unpaired) electrons. The lowest BCUT2D eigenvalue weighted by Gasteiger charge is -2.26. The zero-order valence-corrected chi connectivity index (χ0v) is 14.1. The van der Waals surface area contributed by atoms with Gasteiger partial charge >= 0.3 is 0 Å². The highest BCUT2D eigenvalue weighted by Gasteiger charge is 2.23. The van der Waals surface area contributed by atoms with Gasteiger partial charge in [0.1, 0.15) is 12.3 Å². The third-order valence-electron chi connectivity index (χ3n) is 3.33. The topological polar surface area (TPSA) is 96.2 Å². The number of hydrogen-bond donors (Lipinski definition) is 2. The SMILES string of the molecule is CCNC(=NCc1ccco1)NCCS(=O)(=O)N1CCOCC1. The predicted octanol–water partition coefficient (Wildman–Crippen LogP) is -0.00330. The number of hydrogen-bond acceptors (Lipinski definition) is 5. The van der Waals surface area contributed by atoms with E-state index in [-0.39, 0.29) is 5.75 Å². The van der Waals surface area contributed by atoms with E-state index in [0.717, 1.165) is 5.76 Å². The molecule has 0 amide bonds. The zero-order valence-electron chi connectivity index (χ0n) is 13.3. The minimum absolute atomic E-state index is 0.0260. The lowest BCUT2D eigenvalue weighted by molar-refractivity contribution is 0.0730. The molecule has 23 heavy (non-hydrogen) atoms. The Kier molecular flexibility index (Phi) is 6.87. The van der Waals surface area contributed by atoms with Gasteiger partial charge in [-0.3, -0.25) is 0 Å². The average Bonchev–Trinajstić information content (AvgIpc) is 3.07. The number of rotatable bonds is 7. The van der Waals surface area contributed by atoms with Crippen LogP contribution in [0.25, 0.3) is 0 Å². The molecule has 1 aliphatic rings. The van der Waals surface area contributed by atoms with Crippen molar-refractivity contribution in [2.24, 2.45) is 4.99 Å². The van der Waals surface area contributed by atoms with Crippen LogP contribution in [0, 0.1) is 0 Å². The Hall–Kier alpha value is -1.58. The van der Waals surface area contributed by atoms with Gasteiger partial charge in [0.25, 0.3) is 0 Å². The molecule has 130 valence electrons. The minimum Gasteiger partial charge on any atom is -0.467 e. The maximum atomic E-state index is 12.2. The lowest BCUT2D eigenvalue weighted by Crippen LogP contribution is -2.45. The Morgan fingerprint density at radius 2 is 2.13 bits per heavy atom. The second kappa shape index (κ2) is 8.90. The fraction of sp³-hybridized carbons (Fsp3) is 0.643. The highest BCUT2D eigenvalue weighted by molar-refractivity contribution is 7.89. The largest absolute Gasteiger partial charge is 0.467 e. The van der Waals surface area contributed by atoms with E-state index < -0.39 is 10.0 Å². The average molecular weight is 344 g/mol. The molecule has 0 spiro atoms. The highest BCUT2D eigenvalue weighted by atomic mass is 32.2. The van der Waals surface area contributed by atoms with Crippen molar-refractivity contribution in [3.8, 4) is 0 Å². The number of guanidine groups is 1. The molecule has 0 aliphatic carbocycles. The number of ether oxygens (including phenoxy) is 1. The van der Waals surface area contributed by atoms with Crippen LogP contribution in [0.3, 0.4) is 0 Å². The van der Waals surface area contributed by atoms with Crippen molar-refractivity contribution < 1.29 is 17.6 Å². The van der Waals surface area contributed by atoms with Crippen molar-refractivity contribution in [3.63, 3.8) is 0 Å². The molecule has 0 saturated carbocycles. The Balaban J connectivity index is 1.82. The Labute approximate surface area is 136 Å². The smallest absolute Gasteiger partial charge is 0.215 e. The van der Waals surface area contributed by atoms with Gasteiger partial charge in [-0.1, -0.05) is 0 Å². The van der Waals surface area contributed by atoms with Crippen LogP contribution >= 0.6 is 0 Å². The van der Waals surface area contributed by atoms with Crippen LogP contribution in [0.5, 0.6) is 0 Å². The first-order valence-corrected chi connectivity index (χ1v) is 9.33. The number of sulfonamides is 1. The number of nitrogens with zero attached hydrogens (tertiary/aromatic N) is 2. The van der Waals surface area contributed by atoms with Crippen molar-refractivity contribution >= 4 is 16.0 Å². The van der Waals surface area contributed by atoms with Gasteiger partial charge in [0.15, 0.2) is 5.96 Å². The van der Waals surface area contributed by atoms with Gasteiger partial charge in [0.05, 0.1) is 25.2 Å². The van der Waals surface area contributed by atoms with E-state index >= 15 is 0 Å². The van der Waals surface area contributed by atoms with Crippen molar-refractivity contribution in [1.82, 2.24) is 14.9 Å². The third kappa shape index (κ3) is 5.85. The molecule has 1 aliphatic heterocycles. The van der Waals surface area contributed by atoms with E-state index in [4.69, 9.17) is 9.15 Å². The fourth-order valence-corrected chi connectivity index (χ4v) is 3.48. The second-order valence-corrected chi connectivity index (χ2v) is 7.12. The normalized spacial score (nSPS) is 17.2. The van der Waals surface area contributed by atoms with Crippen LogP contribution < -0.4 is 10.6 Å². The maximum absolute atomic E-state index is 12.2. The van der Waals surface area contributed by atoms with E-state index in [1.807, 2.05) is 13.0 Å². The van der Waals surface area contributed by atoms with Crippen LogP contribution in [-0.4, -0.2) is 63.8 Å². The van der Waals surface area contributed by atoms with Crippen LogP contribution in [0.2, 0.25) is 0 Å². The molecule has 1 aromatic rings. The second-order valence-electron chi connectivity index (χ2n) is 5.03. The van der Waals surface area contributed by atoms with Crippen molar-refractivity contribution in [3.05, 3.63) is 24.2 Å². The summed E-state index contributed by atoms with van der Waals surface area (Å²) in [7, 11) is -3.26. The molecule has 2 N–H and O–H groups in total. The van der Waals surface area contributed by atoms with Gasteiger partial charge in [-0.2, -0.15) is 4.31 Å². The Morgan fingerprint density at radius 3 is 2.78 bits per heavy atom. The molecule has 1 aromatic heterocycles. The molecule has 2 heterocycles. The molecule has 2 rings (SSSR count). The standard InChI is InChI=1S/C14H24N4O4S/c1-2-15-14(17-12-13-4-3-8-22-13)16-5-11-23(19,20)18-6-9-21-10-7-18/h3-4,8H,2,5-7,9-12H2,1H3,(H2,15,16,17). The molecule has 9 heteroatoms. The van der Waals surface area contributed by atoms with Gasteiger partial charge in [-0.05, 0) is 19.1 Å². The van der Waals surface area contributed by atoms with Crippen LogP contribution in [-0.2, 0) is 21.3 Å². The predicted molar refractivity (Wildman–Crippen MR) is 87.7 cm³/mol. The third-order valence-corrected chi connectivity index (χ3v) is 5.21. The molecule has 0 atom stereocenters. The summed E-state index contributed by atoms with van der Waals surface area (Å²) in [4.78, 5) is 4.36. The van der Waals surface area contributed by atoms with Gasteiger partial charge in [-0.15, -0.1) is 0 Å².